The van der Waals surface area contributed by atoms with Crippen molar-refractivity contribution >= 4 is 29.2 Å². The molecule has 0 bridgehead atoms. The third-order valence-corrected chi connectivity index (χ3v) is 1.08. The quantitative estimate of drug-likeness (QED) is 0.237. The van der Waals surface area contributed by atoms with Crippen molar-refractivity contribution in [3.63, 3.8) is 0 Å². The maximum atomic E-state index is 9.77. The Morgan fingerprint density at radius 3 is 2.80 bits per heavy atom. The second-order valence-corrected chi connectivity index (χ2v) is 1.93. The molecule has 4 nitrogen and oxygen atoms in total. The van der Waals surface area contributed by atoms with E-state index in [9.17, 15) is 4.79 Å². The van der Waals surface area contributed by atoms with Gasteiger partial charge in [-0.3, -0.25) is 4.84 Å². The van der Waals surface area contributed by atoms with Crippen LogP contribution in [-0.4, -0.2) is 26.1 Å². The molecule has 0 unspecified atom stereocenters. The van der Waals surface area contributed by atoms with Crippen molar-refractivity contribution in [2.45, 2.75) is 6.42 Å². The number of hydrogen-bond donors (Lipinski definition) is 1. The van der Waals surface area contributed by atoms with Gasteiger partial charge in [-0.25, -0.2) is 0 Å². The highest BCUT2D eigenvalue weighted by Gasteiger charge is 1.86. The van der Waals surface area contributed by atoms with Crippen LogP contribution < -0.4 is 3.69 Å². The zero-order valence-corrected chi connectivity index (χ0v) is 7.67. The van der Waals surface area contributed by atoms with Gasteiger partial charge in [0.1, 0.15) is 6.29 Å². The van der Waals surface area contributed by atoms with E-state index in [2.05, 4.69) is 3.69 Å². The third kappa shape index (κ3) is 8.28. The Labute approximate surface area is 73.7 Å². The lowest BCUT2D eigenvalue weighted by molar-refractivity contribution is -0.108. The van der Waals surface area contributed by atoms with Crippen LogP contribution in [0.5, 0.6) is 0 Å². The van der Waals surface area contributed by atoms with E-state index < -0.39 is 0 Å². The van der Waals surface area contributed by atoms with Crippen molar-refractivity contribution in [1.82, 2.24) is 3.69 Å². The van der Waals surface area contributed by atoms with Gasteiger partial charge in [0.25, 0.3) is 0 Å². The van der Waals surface area contributed by atoms with Gasteiger partial charge in [-0.15, -0.1) is 3.69 Å². The Balaban J connectivity index is 2.70. The predicted molar refractivity (Wildman–Crippen MR) is 44.6 cm³/mol. The molecule has 0 fully saturated rings. The topological polar surface area (TPSA) is 47.6 Å². The lowest BCUT2D eigenvalue weighted by Crippen LogP contribution is -2.09. The van der Waals surface area contributed by atoms with Crippen molar-refractivity contribution in [1.29, 1.82) is 0 Å². The van der Waals surface area contributed by atoms with E-state index >= 15 is 0 Å². The monoisotopic (exact) mass is 259 g/mol. The van der Waals surface area contributed by atoms with Gasteiger partial charge in [0, 0.05) is 29.3 Å². The number of nitrogens with one attached hydrogen (secondary N) is 1. The van der Waals surface area contributed by atoms with Crippen molar-refractivity contribution in [3.8, 4) is 0 Å². The Morgan fingerprint density at radius 2 is 2.20 bits per heavy atom. The van der Waals surface area contributed by atoms with Crippen LogP contribution in [0, 0.1) is 0 Å². The van der Waals surface area contributed by atoms with Gasteiger partial charge in [0.15, 0.2) is 0 Å². The molecule has 0 spiro atoms. The number of carbonyl (C=O) groups is 1. The molecule has 0 aliphatic heterocycles. The first-order valence-corrected chi connectivity index (χ1v) is 3.98. The molecule has 0 aliphatic rings. The molecule has 0 aromatic carbocycles. The largest absolute Gasteiger partial charge is 0.379 e. The van der Waals surface area contributed by atoms with Crippen LogP contribution in [0.3, 0.4) is 0 Å². The van der Waals surface area contributed by atoms with Crippen LogP contribution in [-0.2, 0) is 14.4 Å². The molecule has 0 rings (SSSR count). The number of ether oxygens (including phenoxy) is 1. The second-order valence-electron chi connectivity index (χ2n) is 1.49. The summed E-state index contributed by atoms with van der Waals surface area (Å²) in [5, 5.41) is 0. The van der Waals surface area contributed by atoms with Gasteiger partial charge in [-0.05, 0) is 0 Å². The maximum absolute atomic E-state index is 9.77. The molecule has 5 heteroatoms. The average molecular weight is 259 g/mol. The highest BCUT2D eigenvalue weighted by molar-refractivity contribution is 14.1. The van der Waals surface area contributed by atoms with Crippen molar-refractivity contribution in [3.05, 3.63) is 0 Å². The minimum atomic E-state index is 0.456. The normalized spacial score (nSPS) is 9.70. The summed E-state index contributed by atoms with van der Waals surface area (Å²) in [5.74, 6) is 0. The molecule has 0 amide bonds. The zero-order chi connectivity index (χ0) is 7.66. The number of rotatable bonds is 7. The summed E-state index contributed by atoms with van der Waals surface area (Å²) < 4.78 is 7.46. The summed E-state index contributed by atoms with van der Waals surface area (Å²) in [6, 6.07) is 0. The van der Waals surface area contributed by atoms with Crippen LogP contribution in [0.4, 0.5) is 0 Å². The van der Waals surface area contributed by atoms with Gasteiger partial charge in [-0.2, -0.15) is 0 Å². The molecule has 1 N–H and O–H groups in total. The number of carbonyl (C=O) groups excluding carboxylic acids is 1. The fourth-order valence-corrected chi connectivity index (χ4v) is 0.593. The Bertz CT molecular complexity index is 81.3. The van der Waals surface area contributed by atoms with E-state index in [1.165, 1.54) is 0 Å². The molecule has 0 saturated heterocycles. The van der Waals surface area contributed by atoms with Crippen molar-refractivity contribution in [2.75, 3.05) is 19.8 Å². The number of halogens is 1. The summed E-state index contributed by atoms with van der Waals surface area (Å²) in [6.45, 7) is 1.50. The van der Waals surface area contributed by atoms with Crippen LogP contribution in [0.2, 0.25) is 0 Å². The molecule has 10 heavy (non-hydrogen) atoms. The van der Waals surface area contributed by atoms with E-state index in [0.29, 0.717) is 26.2 Å². The highest BCUT2D eigenvalue weighted by Crippen LogP contribution is 1.79. The Morgan fingerprint density at radius 1 is 1.40 bits per heavy atom. The molecule has 0 heterocycles. The second kappa shape index (κ2) is 9.28. The van der Waals surface area contributed by atoms with E-state index in [1.54, 1.807) is 0 Å². The van der Waals surface area contributed by atoms with Crippen molar-refractivity contribution in [2.24, 2.45) is 0 Å². The smallest absolute Gasteiger partial charge is 0.122 e. The van der Waals surface area contributed by atoms with Crippen LogP contribution in [0.1, 0.15) is 6.42 Å². The molecule has 0 atom stereocenters. The molecular formula is C5H10INO3. The van der Waals surface area contributed by atoms with Crippen molar-refractivity contribution < 1.29 is 14.4 Å². The summed E-state index contributed by atoms with van der Waals surface area (Å²) >= 11 is 1.87. The molecule has 0 aromatic rings. The third-order valence-electron chi connectivity index (χ3n) is 0.764. The van der Waals surface area contributed by atoms with Gasteiger partial charge in [0.05, 0.1) is 19.8 Å². The fraction of sp³-hybridized carbons (Fsp3) is 0.800. The number of hydrogen-bond acceptors (Lipinski definition) is 4. The van der Waals surface area contributed by atoms with Crippen LogP contribution in [0.25, 0.3) is 0 Å². The van der Waals surface area contributed by atoms with Gasteiger partial charge in [0.2, 0.25) is 0 Å². The zero-order valence-electron chi connectivity index (χ0n) is 5.51. The lowest BCUT2D eigenvalue weighted by atomic mass is 10.5. The summed E-state index contributed by atoms with van der Waals surface area (Å²) in [4.78, 5) is 14.5. The minimum absolute atomic E-state index is 0.456. The fourth-order valence-electron chi connectivity index (χ4n) is 0.373. The van der Waals surface area contributed by atoms with E-state index in [1.807, 2.05) is 22.9 Å². The summed E-state index contributed by atoms with van der Waals surface area (Å²) in [5.41, 5.74) is 0. The average Bonchev–Trinajstić information content (AvgIpc) is 1.97. The molecule has 0 aromatic heterocycles. The van der Waals surface area contributed by atoms with E-state index in [0.717, 1.165) is 6.29 Å². The standard InChI is InChI=1S/C5H10INO3/c6-7-10-5-4-9-3-1-2-8/h2,7H,1,3-5H2. The van der Waals surface area contributed by atoms with Gasteiger partial charge < -0.3 is 9.53 Å². The predicted octanol–water partition coefficient (Wildman–Crippen LogP) is 0.463. The minimum Gasteiger partial charge on any atom is -0.379 e. The van der Waals surface area contributed by atoms with E-state index in [-0.39, 0.29) is 0 Å². The SMILES string of the molecule is O=CCCOCCONI. The first kappa shape index (κ1) is 10.3. The summed E-state index contributed by atoms with van der Waals surface area (Å²) in [6.07, 6.45) is 1.29. The first-order chi connectivity index (χ1) is 4.91. The Hall–Kier alpha value is 0.280. The molecular weight excluding hydrogens is 249 g/mol. The molecule has 60 valence electrons. The Kier molecular flexibility index (Phi) is 9.54. The van der Waals surface area contributed by atoms with Crippen LogP contribution in [0.15, 0.2) is 0 Å². The van der Waals surface area contributed by atoms with E-state index in [4.69, 9.17) is 9.57 Å². The lowest BCUT2D eigenvalue weighted by Gasteiger charge is -2.00. The highest BCUT2D eigenvalue weighted by atomic mass is 127. The van der Waals surface area contributed by atoms with Gasteiger partial charge in [-0.1, -0.05) is 0 Å². The van der Waals surface area contributed by atoms with Crippen LogP contribution >= 0.6 is 22.9 Å². The summed E-state index contributed by atoms with van der Waals surface area (Å²) in [7, 11) is 0. The molecule has 0 saturated carbocycles. The molecule has 0 radical (unpaired) electrons. The van der Waals surface area contributed by atoms with Gasteiger partial charge >= 0.3 is 0 Å². The maximum Gasteiger partial charge on any atom is 0.122 e. The molecule has 0 aliphatic carbocycles. The first-order valence-electron chi connectivity index (χ1n) is 2.90. The number of aldehydes is 1.